The normalized spacial score (nSPS) is 15.4. The number of rotatable bonds is 3. The van der Waals surface area contributed by atoms with Crippen molar-refractivity contribution < 1.29 is 4.79 Å². The molecule has 1 N–H and O–H groups in total. The first-order valence-electron chi connectivity index (χ1n) is 8.00. The molecular formula is C18H19Cl2N3O. The maximum atomic E-state index is 12.5. The van der Waals surface area contributed by atoms with Gasteiger partial charge in [0.2, 0.25) is 0 Å². The van der Waals surface area contributed by atoms with E-state index >= 15 is 0 Å². The molecule has 1 amide bonds. The second-order valence-corrected chi connectivity index (χ2v) is 7.00. The lowest BCUT2D eigenvalue weighted by atomic mass is 9.99. The van der Waals surface area contributed by atoms with Crippen LogP contribution in [-0.4, -0.2) is 28.9 Å². The molecule has 2 heterocycles. The van der Waals surface area contributed by atoms with Crippen LogP contribution in [0.25, 0.3) is 0 Å². The number of nitrogens with zero attached hydrogens (tertiary/aromatic N) is 2. The predicted octanol–water partition coefficient (Wildman–Crippen LogP) is 5.00. The van der Waals surface area contributed by atoms with Gasteiger partial charge >= 0.3 is 0 Å². The fourth-order valence-electron chi connectivity index (χ4n) is 2.72. The van der Waals surface area contributed by atoms with Gasteiger partial charge in [0.15, 0.2) is 0 Å². The molecule has 1 aromatic heterocycles. The molecule has 1 fully saturated rings. The van der Waals surface area contributed by atoms with Crippen molar-refractivity contribution in [2.45, 2.75) is 19.8 Å². The van der Waals surface area contributed by atoms with Gasteiger partial charge in [-0.2, -0.15) is 0 Å². The summed E-state index contributed by atoms with van der Waals surface area (Å²) in [6.07, 6.45) is 3.72. The van der Waals surface area contributed by atoms with E-state index in [-0.39, 0.29) is 5.91 Å². The molecule has 1 aliphatic rings. The van der Waals surface area contributed by atoms with Gasteiger partial charge in [0.1, 0.15) is 5.82 Å². The number of benzene rings is 1. The molecule has 0 radical (unpaired) electrons. The van der Waals surface area contributed by atoms with E-state index < -0.39 is 0 Å². The first kappa shape index (κ1) is 17.1. The number of pyridine rings is 1. The van der Waals surface area contributed by atoms with Gasteiger partial charge in [-0.3, -0.25) is 4.79 Å². The van der Waals surface area contributed by atoms with E-state index in [4.69, 9.17) is 23.2 Å². The monoisotopic (exact) mass is 363 g/mol. The van der Waals surface area contributed by atoms with E-state index in [0.717, 1.165) is 25.9 Å². The van der Waals surface area contributed by atoms with E-state index in [2.05, 4.69) is 17.2 Å². The molecule has 0 spiro atoms. The zero-order chi connectivity index (χ0) is 17.1. The summed E-state index contributed by atoms with van der Waals surface area (Å²) in [5.41, 5.74) is 1.29. The van der Waals surface area contributed by atoms with Crippen LogP contribution in [0.1, 0.15) is 30.1 Å². The van der Waals surface area contributed by atoms with Gasteiger partial charge in [-0.1, -0.05) is 30.1 Å². The van der Waals surface area contributed by atoms with Crippen LogP contribution in [0, 0.1) is 5.92 Å². The standard InChI is InChI=1S/C18H19Cl2N3O/c1-12-6-8-23(9-7-12)18(24)13-2-5-17(21-11-13)22-16-10-14(19)3-4-15(16)20/h2-5,10-12H,6-9H2,1H3,(H,21,22). The number of aromatic nitrogens is 1. The summed E-state index contributed by atoms with van der Waals surface area (Å²) in [6, 6.07) is 8.75. The average Bonchev–Trinajstić information content (AvgIpc) is 2.59. The molecule has 24 heavy (non-hydrogen) atoms. The second-order valence-electron chi connectivity index (χ2n) is 6.16. The Hall–Kier alpha value is -1.78. The highest BCUT2D eigenvalue weighted by atomic mass is 35.5. The Morgan fingerprint density at radius 3 is 2.62 bits per heavy atom. The van der Waals surface area contributed by atoms with Gasteiger partial charge in [-0.15, -0.1) is 0 Å². The molecular weight excluding hydrogens is 345 g/mol. The minimum absolute atomic E-state index is 0.0433. The number of carbonyl (C=O) groups excluding carboxylic acids is 1. The topological polar surface area (TPSA) is 45.2 Å². The third-order valence-electron chi connectivity index (χ3n) is 4.27. The number of hydrogen-bond acceptors (Lipinski definition) is 3. The molecule has 1 aliphatic heterocycles. The third kappa shape index (κ3) is 4.00. The Labute approximate surface area is 151 Å². The molecule has 1 saturated heterocycles. The maximum absolute atomic E-state index is 12.5. The van der Waals surface area contributed by atoms with Crippen LogP contribution >= 0.6 is 23.2 Å². The lowest BCUT2D eigenvalue weighted by Gasteiger charge is -2.30. The Morgan fingerprint density at radius 2 is 1.96 bits per heavy atom. The lowest BCUT2D eigenvalue weighted by molar-refractivity contribution is 0.0697. The first-order valence-corrected chi connectivity index (χ1v) is 8.76. The van der Waals surface area contributed by atoms with Gasteiger partial charge in [-0.25, -0.2) is 4.98 Å². The van der Waals surface area contributed by atoms with E-state index in [1.165, 1.54) is 0 Å². The van der Waals surface area contributed by atoms with Crippen molar-refractivity contribution in [2.24, 2.45) is 5.92 Å². The van der Waals surface area contributed by atoms with Crippen LogP contribution in [0.15, 0.2) is 36.5 Å². The summed E-state index contributed by atoms with van der Waals surface area (Å²) in [5, 5.41) is 4.26. The van der Waals surface area contributed by atoms with Crippen LogP contribution in [0.2, 0.25) is 10.0 Å². The smallest absolute Gasteiger partial charge is 0.255 e. The van der Waals surface area contributed by atoms with Crippen molar-refractivity contribution in [1.82, 2.24) is 9.88 Å². The zero-order valence-electron chi connectivity index (χ0n) is 13.4. The van der Waals surface area contributed by atoms with Crippen molar-refractivity contribution in [3.8, 4) is 0 Å². The Kier molecular flexibility index (Phi) is 5.27. The van der Waals surface area contributed by atoms with Crippen LogP contribution < -0.4 is 5.32 Å². The SMILES string of the molecule is CC1CCN(C(=O)c2ccc(Nc3cc(Cl)ccc3Cl)nc2)CC1. The van der Waals surface area contributed by atoms with Crippen molar-refractivity contribution in [3.63, 3.8) is 0 Å². The fourth-order valence-corrected chi connectivity index (χ4v) is 3.06. The fraction of sp³-hybridized carbons (Fsp3) is 0.333. The second kappa shape index (κ2) is 7.41. The molecule has 2 aromatic rings. The molecule has 0 saturated carbocycles. The van der Waals surface area contributed by atoms with Crippen molar-refractivity contribution in [2.75, 3.05) is 18.4 Å². The van der Waals surface area contributed by atoms with Gasteiger partial charge in [0, 0.05) is 24.3 Å². The molecule has 3 rings (SSSR count). The number of hydrogen-bond donors (Lipinski definition) is 1. The van der Waals surface area contributed by atoms with E-state index in [1.54, 1.807) is 36.5 Å². The molecule has 6 heteroatoms. The number of amides is 1. The number of piperidine rings is 1. The maximum Gasteiger partial charge on any atom is 0.255 e. The van der Waals surface area contributed by atoms with Gasteiger partial charge < -0.3 is 10.2 Å². The van der Waals surface area contributed by atoms with Crippen molar-refractivity contribution in [1.29, 1.82) is 0 Å². The van der Waals surface area contributed by atoms with E-state index in [0.29, 0.717) is 33.0 Å². The molecule has 0 bridgehead atoms. The minimum atomic E-state index is 0.0433. The summed E-state index contributed by atoms with van der Waals surface area (Å²) >= 11 is 12.1. The number of likely N-dealkylation sites (tertiary alicyclic amines) is 1. The molecule has 0 aliphatic carbocycles. The van der Waals surface area contributed by atoms with Crippen molar-refractivity contribution in [3.05, 3.63) is 52.1 Å². The molecule has 0 atom stereocenters. The molecule has 4 nitrogen and oxygen atoms in total. The van der Waals surface area contributed by atoms with Crippen LogP contribution in [0.3, 0.4) is 0 Å². The summed E-state index contributed by atoms with van der Waals surface area (Å²) < 4.78 is 0. The number of nitrogens with one attached hydrogen (secondary N) is 1. The highest BCUT2D eigenvalue weighted by molar-refractivity contribution is 6.35. The van der Waals surface area contributed by atoms with Crippen LogP contribution in [0.5, 0.6) is 0 Å². The van der Waals surface area contributed by atoms with Gasteiger partial charge in [-0.05, 0) is 49.1 Å². The first-order chi connectivity index (χ1) is 11.5. The highest BCUT2D eigenvalue weighted by Crippen LogP contribution is 2.28. The average molecular weight is 364 g/mol. The van der Waals surface area contributed by atoms with Crippen LogP contribution in [-0.2, 0) is 0 Å². The van der Waals surface area contributed by atoms with E-state index in [9.17, 15) is 4.79 Å². The summed E-state index contributed by atoms with van der Waals surface area (Å²) in [7, 11) is 0. The summed E-state index contributed by atoms with van der Waals surface area (Å²) in [4.78, 5) is 18.7. The predicted molar refractivity (Wildman–Crippen MR) is 98.3 cm³/mol. The largest absolute Gasteiger partial charge is 0.339 e. The Morgan fingerprint density at radius 1 is 1.21 bits per heavy atom. The number of carbonyl (C=O) groups is 1. The lowest BCUT2D eigenvalue weighted by Crippen LogP contribution is -2.37. The Balaban J connectivity index is 1.69. The minimum Gasteiger partial charge on any atom is -0.339 e. The molecule has 1 aromatic carbocycles. The zero-order valence-corrected chi connectivity index (χ0v) is 14.9. The molecule has 0 unspecified atom stereocenters. The Bertz CT molecular complexity index is 726. The van der Waals surface area contributed by atoms with Gasteiger partial charge in [0.05, 0.1) is 16.3 Å². The van der Waals surface area contributed by atoms with Crippen LogP contribution in [0.4, 0.5) is 11.5 Å². The number of halogens is 2. The quantitative estimate of drug-likeness (QED) is 0.833. The summed E-state index contributed by atoms with van der Waals surface area (Å²) in [5.74, 6) is 1.35. The molecule has 126 valence electrons. The van der Waals surface area contributed by atoms with Crippen molar-refractivity contribution >= 4 is 40.6 Å². The highest BCUT2D eigenvalue weighted by Gasteiger charge is 2.21. The number of anilines is 2. The third-order valence-corrected chi connectivity index (χ3v) is 4.84. The summed E-state index contributed by atoms with van der Waals surface area (Å²) in [6.45, 7) is 3.86. The van der Waals surface area contributed by atoms with Gasteiger partial charge in [0.25, 0.3) is 5.91 Å². The van der Waals surface area contributed by atoms with E-state index in [1.807, 2.05) is 4.90 Å².